The molecule has 2 aromatic heterocycles. The number of hydrogen-bond donors (Lipinski definition) is 0. The summed E-state index contributed by atoms with van der Waals surface area (Å²) in [4.78, 5) is 19.6. The number of rotatable bonds is 4. The molecule has 5 heteroatoms. The number of carbonyl (C=O) groups is 1. The molecule has 0 fully saturated rings. The summed E-state index contributed by atoms with van der Waals surface area (Å²) in [5, 5.41) is 0. The first kappa shape index (κ1) is 16.7. The van der Waals surface area contributed by atoms with Gasteiger partial charge < -0.3 is 9.30 Å². The van der Waals surface area contributed by atoms with Crippen LogP contribution in [0.3, 0.4) is 0 Å². The highest BCUT2D eigenvalue weighted by Crippen LogP contribution is 2.32. The minimum absolute atomic E-state index is 0.0266. The molecule has 0 N–H and O–H groups in total. The molecule has 138 valence electrons. The van der Waals surface area contributed by atoms with Crippen LogP contribution in [-0.4, -0.2) is 26.7 Å². The Labute approximate surface area is 161 Å². The number of carbonyl (C=O) groups excluding carboxylic acids is 1. The number of nitrogens with zero attached hydrogens (tertiary/aromatic N) is 3. The molecule has 0 saturated heterocycles. The van der Waals surface area contributed by atoms with Gasteiger partial charge in [-0.1, -0.05) is 36.4 Å². The standard InChI is InChI=1S/C23H18FN3O/c24-18-9-7-16(8-10-18)20-5-3-4-17-14-27(23(28)22(17)20)13-11-19-15-26-12-2-1-6-21(26)25-19/h1-10,12,15H,11,13-14H2. The lowest BCUT2D eigenvalue weighted by Gasteiger charge is -2.14. The summed E-state index contributed by atoms with van der Waals surface area (Å²) < 4.78 is 15.3. The predicted octanol–water partition coefficient (Wildman–Crippen LogP) is 4.34. The Morgan fingerprint density at radius 1 is 1.00 bits per heavy atom. The molecule has 0 unspecified atom stereocenters. The van der Waals surface area contributed by atoms with Crippen LogP contribution in [0.2, 0.25) is 0 Å². The van der Waals surface area contributed by atoms with Crippen LogP contribution in [0.4, 0.5) is 4.39 Å². The van der Waals surface area contributed by atoms with Gasteiger partial charge in [0, 0.05) is 31.9 Å². The number of aromatic nitrogens is 2. The molecule has 4 aromatic rings. The second-order valence-corrected chi connectivity index (χ2v) is 7.02. The normalized spacial score (nSPS) is 13.3. The molecule has 5 rings (SSSR count). The molecule has 28 heavy (non-hydrogen) atoms. The van der Waals surface area contributed by atoms with Gasteiger partial charge in [-0.25, -0.2) is 9.37 Å². The van der Waals surface area contributed by atoms with Crippen molar-refractivity contribution in [2.24, 2.45) is 0 Å². The molecule has 0 spiro atoms. The molecule has 1 aliphatic heterocycles. The Bertz CT molecular complexity index is 1150. The van der Waals surface area contributed by atoms with Crippen LogP contribution in [0.5, 0.6) is 0 Å². The Balaban J connectivity index is 1.38. The summed E-state index contributed by atoms with van der Waals surface area (Å²) in [6.45, 7) is 1.21. The topological polar surface area (TPSA) is 37.6 Å². The van der Waals surface area contributed by atoms with Crippen molar-refractivity contribution in [3.8, 4) is 11.1 Å². The van der Waals surface area contributed by atoms with Gasteiger partial charge in [-0.05, 0) is 41.0 Å². The quantitative estimate of drug-likeness (QED) is 0.535. The summed E-state index contributed by atoms with van der Waals surface area (Å²) in [5.74, 6) is -0.254. The first-order chi connectivity index (χ1) is 13.7. The molecule has 0 bridgehead atoms. The Morgan fingerprint density at radius 2 is 1.86 bits per heavy atom. The lowest BCUT2D eigenvalue weighted by Crippen LogP contribution is -2.26. The summed E-state index contributed by atoms with van der Waals surface area (Å²) in [6.07, 6.45) is 4.68. The molecular weight excluding hydrogens is 353 g/mol. The van der Waals surface area contributed by atoms with Crippen LogP contribution in [0, 0.1) is 5.82 Å². The lowest BCUT2D eigenvalue weighted by molar-refractivity contribution is 0.0780. The predicted molar refractivity (Wildman–Crippen MR) is 105 cm³/mol. The fourth-order valence-corrected chi connectivity index (χ4v) is 3.83. The molecule has 0 saturated carbocycles. The molecule has 0 aliphatic carbocycles. The van der Waals surface area contributed by atoms with E-state index in [1.165, 1.54) is 12.1 Å². The number of hydrogen-bond acceptors (Lipinski definition) is 2. The first-order valence-electron chi connectivity index (χ1n) is 9.29. The molecule has 2 aromatic carbocycles. The largest absolute Gasteiger partial charge is 0.334 e. The smallest absolute Gasteiger partial charge is 0.255 e. The minimum Gasteiger partial charge on any atom is -0.334 e. The van der Waals surface area contributed by atoms with Gasteiger partial charge in [0.2, 0.25) is 0 Å². The number of amides is 1. The molecule has 1 amide bonds. The Hall–Kier alpha value is -3.47. The third-order valence-electron chi connectivity index (χ3n) is 5.22. The third-order valence-corrected chi connectivity index (χ3v) is 5.22. The van der Waals surface area contributed by atoms with Crippen LogP contribution >= 0.6 is 0 Å². The lowest BCUT2D eigenvalue weighted by atomic mass is 9.97. The van der Waals surface area contributed by atoms with E-state index >= 15 is 0 Å². The van der Waals surface area contributed by atoms with Crippen LogP contribution in [0.1, 0.15) is 21.6 Å². The highest BCUT2D eigenvalue weighted by molar-refractivity contribution is 6.04. The van der Waals surface area contributed by atoms with E-state index in [2.05, 4.69) is 4.98 Å². The van der Waals surface area contributed by atoms with Crippen molar-refractivity contribution in [1.82, 2.24) is 14.3 Å². The minimum atomic E-state index is -0.281. The van der Waals surface area contributed by atoms with E-state index in [1.54, 1.807) is 12.1 Å². The van der Waals surface area contributed by atoms with Gasteiger partial charge >= 0.3 is 0 Å². The molecular formula is C23H18FN3O. The van der Waals surface area contributed by atoms with E-state index in [-0.39, 0.29) is 11.7 Å². The number of pyridine rings is 1. The highest BCUT2D eigenvalue weighted by Gasteiger charge is 2.29. The zero-order valence-electron chi connectivity index (χ0n) is 15.2. The van der Waals surface area contributed by atoms with Crippen LogP contribution in [0.25, 0.3) is 16.8 Å². The van der Waals surface area contributed by atoms with Crippen molar-refractivity contribution < 1.29 is 9.18 Å². The van der Waals surface area contributed by atoms with E-state index in [0.717, 1.165) is 33.6 Å². The van der Waals surface area contributed by atoms with E-state index in [1.807, 2.05) is 58.1 Å². The van der Waals surface area contributed by atoms with E-state index < -0.39 is 0 Å². The van der Waals surface area contributed by atoms with Crippen molar-refractivity contribution in [2.45, 2.75) is 13.0 Å². The summed E-state index contributed by atoms with van der Waals surface area (Å²) >= 11 is 0. The molecule has 0 atom stereocenters. The number of fused-ring (bicyclic) bond motifs is 2. The van der Waals surface area contributed by atoms with E-state index in [0.29, 0.717) is 19.5 Å². The van der Waals surface area contributed by atoms with Crippen molar-refractivity contribution in [1.29, 1.82) is 0 Å². The Morgan fingerprint density at radius 3 is 2.68 bits per heavy atom. The maximum absolute atomic E-state index is 13.3. The summed E-state index contributed by atoms with van der Waals surface area (Å²) in [7, 11) is 0. The van der Waals surface area contributed by atoms with Gasteiger partial charge in [0.05, 0.1) is 11.3 Å². The van der Waals surface area contributed by atoms with Crippen molar-refractivity contribution >= 4 is 11.6 Å². The van der Waals surface area contributed by atoms with E-state index in [9.17, 15) is 9.18 Å². The van der Waals surface area contributed by atoms with Crippen molar-refractivity contribution in [3.63, 3.8) is 0 Å². The zero-order valence-corrected chi connectivity index (χ0v) is 15.2. The van der Waals surface area contributed by atoms with Crippen molar-refractivity contribution in [3.05, 3.63) is 95.7 Å². The fraction of sp³-hybridized carbons (Fsp3) is 0.130. The SMILES string of the molecule is O=C1c2c(cccc2-c2ccc(F)cc2)CN1CCc1cn2ccccc2n1. The monoisotopic (exact) mass is 371 g/mol. The van der Waals surface area contributed by atoms with Crippen molar-refractivity contribution in [2.75, 3.05) is 6.54 Å². The maximum Gasteiger partial charge on any atom is 0.255 e. The molecule has 0 radical (unpaired) electrons. The van der Waals surface area contributed by atoms with Gasteiger partial charge in [-0.2, -0.15) is 0 Å². The zero-order chi connectivity index (χ0) is 19.1. The second kappa shape index (κ2) is 6.60. The average Bonchev–Trinajstić information content (AvgIpc) is 3.27. The van der Waals surface area contributed by atoms with Gasteiger partial charge in [-0.15, -0.1) is 0 Å². The number of benzene rings is 2. The molecule has 4 nitrogen and oxygen atoms in total. The summed E-state index contributed by atoms with van der Waals surface area (Å²) in [5.41, 5.74) is 5.33. The van der Waals surface area contributed by atoms with Gasteiger partial charge in [0.15, 0.2) is 0 Å². The first-order valence-corrected chi connectivity index (χ1v) is 9.29. The third kappa shape index (κ3) is 2.85. The van der Waals surface area contributed by atoms with Crippen LogP contribution in [-0.2, 0) is 13.0 Å². The fourth-order valence-electron chi connectivity index (χ4n) is 3.83. The summed E-state index contributed by atoms with van der Waals surface area (Å²) in [6, 6.07) is 18.1. The van der Waals surface area contributed by atoms with E-state index in [4.69, 9.17) is 0 Å². The van der Waals surface area contributed by atoms with Crippen LogP contribution in [0.15, 0.2) is 73.1 Å². The molecule has 3 heterocycles. The maximum atomic E-state index is 13.3. The number of imidazole rings is 1. The highest BCUT2D eigenvalue weighted by atomic mass is 19.1. The van der Waals surface area contributed by atoms with Crippen LogP contribution < -0.4 is 0 Å². The average molecular weight is 371 g/mol. The van der Waals surface area contributed by atoms with Gasteiger partial charge in [0.1, 0.15) is 11.5 Å². The Kier molecular flexibility index (Phi) is 3.93. The van der Waals surface area contributed by atoms with Gasteiger partial charge in [0.25, 0.3) is 5.91 Å². The number of halogens is 1. The second-order valence-electron chi connectivity index (χ2n) is 7.02. The molecule has 1 aliphatic rings. The van der Waals surface area contributed by atoms with Gasteiger partial charge in [-0.3, -0.25) is 4.79 Å².